The maximum atomic E-state index is 4.40. The zero-order valence-corrected chi connectivity index (χ0v) is 13.1. The normalized spacial score (nSPS) is 12.9. The van der Waals surface area contributed by atoms with Gasteiger partial charge in [0.25, 0.3) is 0 Å². The molecule has 0 amide bonds. The lowest BCUT2D eigenvalue weighted by atomic mass is 10.0. The molecule has 0 aliphatic rings. The third-order valence-corrected chi connectivity index (χ3v) is 3.71. The van der Waals surface area contributed by atoms with Crippen molar-refractivity contribution in [1.82, 2.24) is 15.1 Å². The Morgan fingerprint density at radius 1 is 1.20 bits per heavy atom. The highest BCUT2D eigenvalue weighted by molar-refractivity contribution is 5.25. The van der Waals surface area contributed by atoms with E-state index < -0.39 is 0 Å². The van der Waals surface area contributed by atoms with E-state index in [0.717, 1.165) is 12.2 Å². The Kier molecular flexibility index (Phi) is 4.61. The second-order valence-corrected chi connectivity index (χ2v) is 5.84. The van der Waals surface area contributed by atoms with Crippen LogP contribution in [0.15, 0.2) is 30.3 Å². The molecule has 0 fully saturated rings. The molecule has 0 saturated heterocycles. The number of nitrogens with zero attached hydrogens (tertiary/aromatic N) is 2. The van der Waals surface area contributed by atoms with E-state index in [9.17, 15) is 0 Å². The highest BCUT2D eigenvalue weighted by Crippen LogP contribution is 2.17. The van der Waals surface area contributed by atoms with E-state index in [1.807, 2.05) is 18.7 Å². The Morgan fingerprint density at radius 2 is 1.95 bits per heavy atom. The van der Waals surface area contributed by atoms with E-state index in [0.29, 0.717) is 12.0 Å². The molecule has 0 aliphatic carbocycles. The van der Waals surface area contributed by atoms with Crippen LogP contribution in [0.5, 0.6) is 0 Å². The van der Waals surface area contributed by atoms with Gasteiger partial charge in [-0.15, -0.1) is 0 Å². The molecule has 20 heavy (non-hydrogen) atoms. The van der Waals surface area contributed by atoms with Gasteiger partial charge in [-0.05, 0) is 37.0 Å². The molecule has 3 nitrogen and oxygen atoms in total. The molecule has 0 saturated carbocycles. The average Bonchev–Trinajstić information content (AvgIpc) is 2.75. The SMILES string of the molecule is Cc1cc(C(C)NCc2cccc(C(C)C)c2)n(C)n1. The van der Waals surface area contributed by atoms with Crippen LogP contribution in [0.2, 0.25) is 0 Å². The van der Waals surface area contributed by atoms with Crippen molar-refractivity contribution < 1.29 is 0 Å². The highest BCUT2D eigenvalue weighted by atomic mass is 15.3. The summed E-state index contributed by atoms with van der Waals surface area (Å²) in [5.41, 5.74) is 5.02. The fourth-order valence-corrected chi connectivity index (χ4v) is 2.47. The summed E-state index contributed by atoms with van der Waals surface area (Å²) in [6, 6.07) is 11.2. The fourth-order valence-electron chi connectivity index (χ4n) is 2.47. The van der Waals surface area contributed by atoms with Gasteiger partial charge in [0, 0.05) is 19.6 Å². The van der Waals surface area contributed by atoms with Crippen LogP contribution in [0, 0.1) is 6.92 Å². The van der Waals surface area contributed by atoms with Crippen molar-refractivity contribution in [3.05, 3.63) is 52.8 Å². The number of rotatable bonds is 5. The summed E-state index contributed by atoms with van der Waals surface area (Å²) in [6.45, 7) is 9.55. The van der Waals surface area contributed by atoms with Gasteiger partial charge in [0.05, 0.1) is 11.4 Å². The van der Waals surface area contributed by atoms with Crippen molar-refractivity contribution in [3.8, 4) is 0 Å². The van der Waals surface area contributed by atoms with Gasteiger partial charge in [-0.2, -0.15) is 5.10 Å². The van der Waals surface area contributed by atoms with Gasteiger partial charge in [0.1, 0.15) is 0 Å². The van der Waals surface area contributed by atoms with Gasteiger partial charge in [0.2, 0.25) is 0 Å². The molecule has 1 unspecified atom stereocenters. The Morgan fingerprint density at radius 3 is 2.55 bits per heavy atom. The highest BCUT2D eigenvalue weighted by Gasteiger charge is 2.10. The number of benzene rings is 1. The van der Waals surface area contributed by atoms with Crippen LogP contribution in [0.1, 0.15) is 55.2 Å². The molecule has 1 aromatic heterocycles. The fraction of sp³-hybridized carbons (Fsp3) is 0.471. The Balaban J connectivity index is 2.01. The average molecular weight is 271 g/mol. The molecule has 2 rings (SSSR count). The standard InChI is InChI=1S/C17H25N3/c1-12(2)16-8-6-7-15(10-16)11-18-14(4)17-9-13(3)19-20(17)5/h6-10,12,14,18H,11H2,1-5H3. The maximum Gasteiger partial charge on any atom is 0.0597 e. The minimum atomic E-state index is 0.295. The summed E-state index contributed by atoms with van der Waals surface area (Å²) in [6.07, 6.45) is 0. The van der Waals surface area contributed by atoms with Crippen LogP contribution < -0.4 is 5.32 Å². The molecule has 1 aromatic carbocycles. The third kappa shape index (κ3) is 3.48. The van der Waals surface area contributed by atoms with Gasteiger partial charge in [-0.1, -0.05) is 38.1 Å². The van der Waals surface area contributed by atoms with Gasteiger partial charge in [-0.25, -0.2) is 0 Å². The smallest absolute Gasteiger partial charge is 0.0597 e. The van der Waals surface area contributed by atoms with Gasteiger partial charge in [0.15, 0.2) is 0 Å². The number of aryl methyl sites for hydroxylation is 2. The van der Waals surface area contributed by atoms with E-state index in [1.54, 1.807) is 0 Å². The first-order chi connectivity index (χ1) is 9.47. The lowest BCUT2D eigenvalue weighted by molar-refractivity contribution is 0.529. The molecule has 108 valence electrons. The van der Waals surface area contributed by atoms with Crippen molar-refractivity contribution in [2.24, 2.45) is 7.05 Å². The zero-order chi connectivity index (χ0) is 14.7. The summed E-state index contributed by atoms with van der Waals surface area (Å²) in [7, 11) is 2.00. The van der Waals surface area contributed by atoms with Gasteiger partial charge < -0.3 is 5.32 Å². The van der Waals surface area contributed by atoms with Crippen molar-refractivity contribution in [3.63, 3.8) is 0 Å². The quantitative estimate of drug-likeness (QED) is 0.898. The molecule has 3 heteroatoms. The van der Waals surface area contributed by atoms with Crippen LogP contribution in [0.25, 0.3) is 0 Å². The first kappa shape index (κ1) is 14.8. The number of aromatic nitrogens is 2. The largest absolute Gasteiger partial charge is 0.305 e. The molecule has 0 spiro atoms. The third-order valence-electron chi connectivity index (χ3n) is 3.71. The second kappa shape index (κ2) is 6.23. The van der Waals surface area contributed by atoms with E-state index in [2.05, 4.69) is 61.5 Å². The van der Waals surface area contributed by atoms with E-state index in [4.69, 9.17) is 0 Å². The monoisotopic (exact) mass is 271 g/mol. The first-order valence-electron chi connectivity index (χ1n) is 7.30. The van der Waals surface area contributed by atoms with Crippen LogP contribution >= 0.6 is 0 Å². The minimum Gasteiger partial charge on any atom is -0.305 e. The predicted molar refractivity (Wildman–Crippen MR) is 83.7 cm³/mol. The number of nitrogens with one attached hydrogen (secondary N) is 1. The zero-order valence-electron chi connectivity index (χ0n) is 13.1. The van der Waals surface area contributed by atoms with Crippen molar-refractivity contribution in [1.29, 1.82) is 0 Å². The van der Waals surface area contributed by atoms with Crippen molar-refractivity contribution in [2.75, 3.05) is 0 Å². The Bertz CT molecular complexity index is 569. The topological polar surface area (TPSA) is 29.9 Å². The second-order valence-electron chi connectivity index (χ2n) is 5.84. The van der Waals surface area contributed by atoms with Crippen LogP contribution in [-0.4, -0.2) is 9.78 Å². The van der Waals surface area contributed by atoms with E-state index >= 15 is 0 Å². The predicted octanol–water partition coefficient (Wildman–Crippen LogP) is 3.70. The maximum absolute atomic E-state index is 4.40. The molecule has 0 bridgehead atoms. The van der Waals surface area contributed by atoms with E-state index in [-0.39, 0.29) is 0 Å². The lowest BCUT2D eigenvalue weighted by Crippen LogP contribution is -2.20. The Labute approximate surface area is 122 Å². The molecule has 1 heterocycles. The van der Waals surface area contributed by atoms with Crippen LogP contribution in [0.3, 0.4) is 0 Å². The summed E-state index contributed by atoms with van der Waals surface area (Å²) in [4.78, 5) is 0. The summed E-state index contributed by atoms with van der Waals surface area (Å²) < 4.78 is 1.96. The van der Waals surface area contributed by atoms with Gasteiger partial charge >= 0.3 is 0 Å². The summed E-state index contributed by atoms with van der Waals surface area (Å²) in [5, 5.41) is 7.98. The van der Waals surface area contributed by atoms with Crippen LogP contribution in [-0.2, 0) is 13.6 Å². The van der Waals surface area contributed by atoms with Crippen molar-refractivity contribution >= 4 is 0 Å². The molecule has 0 radical (unpaired) electrons. The van der Waals surface area contributed by atoms with Crippen molar-refractivity contribution in [2.45, 2.75) is 46.2 Å². The number of hydrogen-bond acceptors (Lipinski definition) is 2. The van der Waals surface area contributed by atoms with Crippen LogP contribution in [0.4, 0.5) is 0 Å². The molecule has 1 N–H and O–H groups in total. The Hall–Kier alpha value is -1.61. The molecule has 0 aliphatic heterocycles. The number of hydrogen-bond donors (Lipinski definition) is 1. The molecular formula is C17H25N3. The van der Waals surface area contributed by atoms with E-state index in [1.165, 1.54) is 16.8 Å². The minimum absolute atomic E-state index is 0.295. The van der Waals surface area contributed by atoms with Gasteiger partial charge in [-0.3, -0.25) is 4.68 Å². The molecular weight excluding hydrogens is 246 g/mol. The lowest BCUT2D eigenvalue weighted by Gasteiger charge is -2.15. The summed E-state index contributed by atoms with van der Waals surface area (Å²) >= 11 is 0. The summed E-state index contributed by atoms with van der Waals surface area (Å²) in [5.74, 6) is 0.576. The molecule has 2 aromatic rings. The first-order valence-corrected chi connectivity index (χ1v) is 7.30. The molecule has 1 atom stereocenters.